The Morgan fingerprint density at radius 1 is 1.45 bits per heavy atom. The SMILES string of the molecule is CC(Nc1cc2n[nH]c(=O)n2cn1)C(=O)N1CCCC1. The van der Waals surface area contributed by atoms with Gasteiger partial charge in [0, 0.05) is 19.2 Å². The number of nitrogens with zero attached hydrogens (tertiary/aromatic N) is 4. The number of nitrogens with one attached hydrogen (secondary N) is 2. The number of hydrogen-bond donors (Lipinski definition) is 2. The fourth-order valence-corrected chi connectivity index (χ4v) is 2.38. The molecule has 0 radical (unpaired) electrons. The molecule has 1 aliphatic rings. The summed E-state index contributed by atoms with van der Waals surface area (Å²) >= 11 is 0. The van der Waals surface area contributed by atoms with Crippen LogP contribution in [0.3, 0.4) is 0 Å². The highest BCUT2D eigenvalue weighted by molar-refractivity contribution is 5.84. The van der Waals surface area contributed by atoms with Crippen LogP contribution in [0.1, 0.15) is 19.8 Å². The molecule has 1 fully saturated rings. The van der Waals surface area contributed by atoms with Crippen molar-refractivity contribution < 1.29 is 4.79 Å². The molecule has 1 amide bonds. The predicted molar refractivity (Wildman–Crippen MR) is 72.5 cm³/mol. The molecule has 0 aromatic carbocycles. The predicted octanol–water partition coefficient (Wildman–Crippen LogP) is -0.160. The first-order valence-corrected chi connectivity index (χ1v) is 6.63. The van der Waals surface area contributed by atoms with Crippen LogP contribution in [-0.2, 0) is 4.79 Å². The number of anilines is 1. The van der Waals surface area contributed by atoms with Crippen LogP contribution in [0.2, 0.25) is 0 Å². The normalized spacial score (nSPS) is 16.6. The van der Waals surface area contributed by atoms with Gasteiger partial charge in [0.25, 0.3) is 0 Å². The minimum absolute atomic E-state index is 0.0728. The Morgan fingerprint density at radius 2 is 2.20 bits per heavy atom. The fraction of sp³-hybridized carbons (Fsp3) is 0.500. The lowest BCUT2D eigenvalue weighted by Gasteiger charge is -2.21. The van der Waals surface area contributed by atoms with Crippen molar-refractivity contribution in [2.45, 2.75) is 25.8 Å². The minimum Gasteiger partial charge on any atom is -0.358 e. The number of fused-ring (bicyclic) bond motifs is 1. The molecule has 1 unspecified atom stereocenters. The zero-order valence-corrected chi connectivity index (χ0v) is 11.2. The van der Waals surface area contributed by atoms with Gasteiger partial charge in [0.2, 0.25) is 5.91 Å². The van der Waals surface area contributed by atoms with Crippen molar-refractivity contribution in [1.82, 2.24) is 24.5 Å². The van der Waals surface area contributed by atoms with Crippen LogP contribution in [0, 0.1) is 0 Å². The third-order valence-corrected chi connectivity index (χ3v) is 3.46. The van der Waals surface area contributed by atoms with Gasteiger partial charge in [-0.2, -0.15) is 5.10 Å². The smallest absolute Gasteiger partial charge is 0.348 e. The number of likely N-dealkylation sites (tertiary alicyclic amines) is 1. The summed E-state index contributed by atoms with van der Waals surface area (Å²) in [6, 6.07) is 1.28. The molecule has 2 aromatic rings. The number of rotatable bonds is 3. The van der Waals surface area contributed by atoms with Crippen molar-refractivity contribution in [3.05, 3.63) is 22.9 Å². The van der Waals surface area contributed by atoms with E-state index in [2.05, 4.69) is 20.5 Å². The van der Waals surface area contributed by atoms with Crippen molar-refractivity contribution in [1.29, 1.82) is 0 Å². The lowest BCUT2D eigenvalue weighted by Crippen LogP contribution is -2.39. The molecular weight excluding hydrogens is 260 g/mol. The van der Waals surface area contributed by atoms with Crippen LogP contribution in [0.25, 0.3) is 5.65 Å². The molecule has 1 saturated heterocycles. The Morgan fingerprint density at radius 3 is 2.95 bits per heavy atom. The lowest BCUT2D eigenvalue weighted by molar-refractivity contribution is -0.130. The van der Waals surface area contributed by atoms with Gasteiger partial charge in [-0.15, -0.1) is 0 Å². The second-order valence-electron chi connectivity index (χ2n) is 4.93. The molecule has 0 aliphatic carbocycles. The third-order valence-electron chi connectivity index (χ3n) is 3.46. The summed E-state index contributed by atoms with van der Waals surface area (Å²) in [6.07, 6.45) is 3.52. The van der Waals surface area contributed by atoms with Gasteiger partial charge < -0.3 is 10.2 Å². The van der Waals surface area contributed by atoms with Crippen LogP contribution in [0.15, 0.2) is 17.2 Å². The van der Waals surface area contributed by atoms with Crippen LogP contribution >= 0.6 is 0 Å². The molecule has 3 heterocycles. The standard InChI is InChI=1S/C12H16N6O2/c1-8(11(19)17-4-2-3-5-17)14-9-6-10-15-16-12(20)18(10)7-13-9/h6-8,14H,2-5H2,1H3,(H,16,20). The summed E-state index contributed by atoms with van der Waals surface area (Å²) in [5.41, 5.74) is 0.133. The van der Waals surface area contributed by atoms with Gasteiger partial charge in [-0.05, 0) is 19.8 Å². The molecule has 3 rings (SSSR count). The fourth-order valence-electron chi connectivity index (χ4n) is 2.38. The van der Waals surface area contributed by atoms with Gasteiger partial charge in [-0.3, -0.25) is 4.79 Å². The zero-order valence-electron chi connectivity index (χ0n) is 11.2. The Labute approximate surface area is 114 Å². The molecule has 8 heteroatoms. The summed E-state index contributed by atoms with van der Waals surface area (Å²) in [5, 5.41) is 9.25. The van der Waals surface area contributed by atoms with E-state index in [0.717, 1.165) is 25.9 Å². The summed E-state index contributed by atoms with van der Waals surface area (Å²) in [7, 11) is 0. The molecule has 1 aliphatic heterocycles. The van der Waals surface area contributed by atoms with E-state index in [1.54, 1.807) is 6.07 Å². The zero-order chi connectivity index (χ0) is 14.1. The van der Waals surface area contributed by atoms with Gasteiger partial charge in [-0.25, -0.2) is 19.3 Å². The van der Waals surface area contributed by atoms with E-state index >= 15 is 0 Å². The summed E-state index contributed by atoms with van der Waals surface area (Å²) in [4.78, 5) is 29.5. The molecule has 0 bridgehead atoms. The highest BCUT2D eigenvalue weighted by Gasteiger charge is 2.23. The topological polar surface area (TPSA) is 95.4 Å². The van der Waals surface area contributed by atoms with Gasteiger partial charge in [-0.1, -0.05) is 0 Å². The number of aromatic amines is 1. The summed E-state index contributed by atoms with van der Waals surface area (Å²) in [6.45, 7) is 3.46. The van der Waals surface area contributed by atoms with Crippen molar-refractivity contribution in [2.24, 2.45) is 0 Å². The van der Waals surface area contributed by atoms with E-state index in [9.17, 15) is 9.59 Å². The number of amides is 1. The molecule has 2 N–H and O–H groups in total. The second-order valence-corrected chi connectivity index (χ2v) is 4.93. The molecule has 8 nitrogen and oxygen atoms in total. The first kappa shape index (κ1) is 12.6. The van der Waals surface area contributed by atoms with E-state index in [0.29, 0.717) is 11.5 Å². The number of H-pyrrole nitrogens is 1. The van der Waals surface area contributed by atoms with Crippen molar-refractivity contribution in [3.8, 4) is 0 Å². The molecule has 0 saturated carbocycles. The van der Waals surface area contributed by atoms with Crippen LogP contribution in [-0.4, -0.2) is 49.5 Å². The second kappa shape index (κ2) is 4.95. The molecule has 1 atom stereocenters. The molecular formula is C12H16N6O2. The van der Waals surface area contributed by atoms with Crippen molar-refractivity contribution in [2.75, 3.05) is 18.4 Å². The van der Waals surface area contributed by atoms with E-state index in [1.807, 2.05) is 11.8 Å². The van der Waals surface area contributed by atoms with Crippen LogP contribution < -0.4 is 11.0 Å². The number of carbonyl (C=O) groups is 1. The highest BCUT2D eigenvalue weighted by Crippen LogP contribution is 2.12. The molecule has 0 spiro atoms. The van der Waals surface area contributed by atoms with Gasteiger partial charge >= 0.3 is 5.69 Å². The maximum atomic E-state index is 12.2. The van der Waals surface area contributed by atoms with Gasteiger partial charge in [0.05, 0.1) is 0 Å². The van der Waals surface area contributed by atoms with Crippen molar-refractivity contribution in [3.63, 3.8) is 0 Å². The monoisotopic (exact) mass is 276 g/mol. The lowest BCUT2D eigenvalue weighted by atomic mass is 10.3. The number of carbonyl (C=O) groups excluding carboxylic acids is 1. The molecule has 20 heavy (non-hydrogen) atoms. The van der Waals surface area contributed by atoms with Gasteiger partial charge in [0.1, 0.15) is 18.2 Å². The first-order chi connectivity index (χ1) is 9.65. The maximum absolute atomic E-state index is 12.2. The first-order valence-electron chi connectivity index (χ1n) is 6.63. The van der Waals surface area contributed by atoms with Crippen LogP contribution in [0.5, 0.6) is 0 Å². The maximum Gasteiger partial charge on any atom is 0.348 e. The Balaban J connectivity index is 1.74. The number of hydrogen-bond acceptors (Lipinski definition) is 5. The molecule has 2 aromatic heterocycles. The average Bonchev–Trinajstić information content (AvgIpc) is 3.08. The van der Waals surface area contributed by atoms with Gasteiger partial charge in [0.15, 0.2) is 5.65 Å². The number of aromatic nitrogens is 4. The summed E-state index contributed by atoms with van der Waals surface area (Å²) in [5.74, 6) is 0.597. The van der Waals surface area contributed by atoms with E-state index < -0.39 is 0 Å². The van der Waals surface area contributed by atoms with E-state index in [-0.39, 0.29) is 17.6 Å². The quantitative estimate of drug-likeness (QED) is 0.812. The highest BCUT2D eigenvalue weighted by atomic mass is 16.2. The Bertz CT molecular complexity index is 685. The van der Waals surface area contributed by atoms with Crippen LogP contribution in [0.4, 0.5) is 5.82 Å². The Kier molecular flexibility index (Phi) is 3.13. The third kappa shape index (κ3) is 2.24. The largest absolute Gasteiger partial charge is 0.358 e. The van der Waals surface area contributed by atoms with E-state index in [4.69, 9.17) is 0 Å². The van der Waals surface area contributed by atoms with E-state index in [1.165, 1.54) is 10.7 Å². The average molecular weight is 276 g/mol. The van der Waals surface area contributed by atoms with Crippen molar-refractivity contribution >= 4 is 17.4 Å². The molecule has 106 valence electrons. The summed E-state index contributed by atoms with van der Waals surface area (Å²) < 4.78 is 1.30. The minimum atomic E-state index is -0.353. The Hall–Kier alpha value is -2.38.